The van der Waals surface area contributed by atoms with E-state index in [1.54, 1.807) is 6.20 Å². The Morgan fingerprint density at radius 3 is 2.86 bits per heavy atom. The van der Waals surface area contributed by atoms with Crippen LogP contribution in [-0.2, 0) is 0 Å². The largest absolute Gasteiger partial charge is 0.383 e. The number of nitrogens with zero attached hydrogens (tertiary/aromatic N) is 1. The van der Waals surface area contributed by atoms with Crippen molar-refractivity contribution in [1.82, 2.24) is 10.3 Å². The number of aromatic nitrogens is 1. The zero-order valence-corrected chi connectivity index (χ0v) is 8.96. The first-order chi connectivity index (χ1) is 6.86. The normalized spacial score (nSPS) is 12.4. The monoisotopic (exact) mass is 193 g/mol. The molecule has 0 aliphatic carbocycles. The van der Waals surface area contributed by atoms with Crippen LogP contribution in [0.25, 0.3) is 0 Å². The van der Waals surface area contributed by atoms with Crippen LogP contribution in [0.3, 0.4) is 0 Å². The highest BCUT2D eigenvalue weighted by molar-refractivity contribution is 5.39. The van der Waals surface area contributed by atoms with E-state index < -0.39 is 0 Å². The van der Waals surface area contributed by atoms with Crippen LogP contribution in [-0.4, -0.2) is 25.1 Å². The molecule has 0 bridgehead atoms. The molecule has 0 spiro atoms. The van der Waals surface area contributed by atoms with Crippen molar-refractivity contribution in [2.24, 2.45) is 5.92 Å². The number of anilines is 1. The number of hydrogen-bond acceptors (Lipinski definition) is 3. The third-order valence-corrected chi connectivity index (χ3v) is 2.33. The first-order valence-electron chi connectivity index (χ1n) is 5.15. The third-order valence-electron chi connectivity index (χ3n) is 2.33. The van der Waals surface area contributed by atoms with Crippen molar-refractivity contribution in [3.63, 3.8) is 0 Å². The molecule has 0 amide bonds. The Labute approximate surface area is 85.9 Å². The molecule has 1 aromatic rings. The van der Waals surface area contributed by atoms with Crippen LogP contribution in [0.2, 0.25) is 0 Å². The highest BCUT2D eigenvalue weighted by Gasteiger charge is 2.03. The minimum atomic E-state index is 0.681. The third kappa shape index (κ3) is 3.75. The molecule has 1 atom stereocenters. The van der Waals surface area contributed by atoms with Gasteiger partial charge < -0.3 is 10.6 Å². The zero-order valence-electron chi connectivity index (χ0n) is 8.96. The minimum absolute atomic E-state index is 0.681. The van der Waals surface area contributed by atoms with Crippen LogP contribution in [0.15, 0.2) is 24.5 Å². The Bertz CT molecular complexity index is 236. The SMILES string of the molecule is CCC(CNC)CNc1cccnc1. The molecule has 0 aliphatic rings. The van der Waals surface area contributed by atoms with Crippen LogP contribution in [0.4, 0.5) is 5.69 Å². The van der Waals surface area contributed by atoms with Crippen molar-refractivity contribution >= 4 is 5.69 Å². The number of nitrogens with one attached hydrogen (secondary N) is 2. The van der Waals surface area contributed by atoms with E-state index in [9.17, 15) is 0 Å². The second-order valence-corrected chi connectivity index (χ2v) is 3.45. The molecule has 14 heavy (non-hydrogen) atoms. The van der Waals surface area contributed by atoms with E-state index in [2.05, 4.69) is 22.5 Å². The van der Waals surface area contributed by atoms with Gasteiger partial charge in [0.25, 0.3) is 0 Å². The zero-order chi connectivity index (χ0) is 10.2. The molecule has 1 heterocycles. The van der Waals surface area contributed by atoms with E-state index in [4.69, 9.17) is 0 Å². The van der Waals surface area contributed by atoms with Crippen molar-refractivity contribution in [1.29, 1.82) is 0 Å². The lowest BCUT2D eigenvalue weighted by Crippen LogP contribution is -2.24. The van der Waals surface area contributed by atoms with Crippen LogP contribution in [0.5, 0.6) is 0 Å². The van der Waals surface area contributed by atoms with Gasteiger partial charge in [-0.3, -0.25) is 4.98 Å². The quantitative estimate of drug-likeness (QED) is 0.722. The standard InChI is InChI=1S/C11H19N3/c1-3-10(7-12-2)8-14-11-5-4-6-13-9-11/h4-6,9-10,12,14H,3,7-8H2,1-2H3. The van der Waals surface area contributed by atoms with Crippen molar-refractivity contribution in [2.75, 3.05) is 25.5 Å². The molecular formula is C11H19N3. The highest BCUT2D eigenvalue weighted by atomic mass is 14.9. The Morgan fingerprint density at radius 2 is 2.29 bits per heavy atom. The Morgan fingerprint density at radius 1 is 1.43 bits per heavy atom. The summed E-state index contributed by atoms with van der Waals surface area (Å²) in [5.41, 5.74) is 1.10. The second-order valence-electron chi connectivity index (χ2n) is 3.45. The van der Waals surface area contributed by atoms with Crippen molar-refractivity contribution in [3.8, 4) is 0 Å². The highest BCUT2D eigenvalue weighted by Crippen LogP contribution is 2.06. The van der Waals surface area contributed by atoms with Gasteiger partial charge >= 0.3 is 0 Å². The van der Waals surface area contributed by atoms with Crippen LogP contribution in [0, 0.1) is 5.92 Å². The van der Waals surface area contributed by atoms with Crippen LogP contribution >= 0.6 is 0 Å². The maximum atomic E-state index is 4.06. The molecule has 0 aromatic carbocycles. The Hall–Kier alpha value is -1.09. The van der Waals surface area contributed by atoms with Crippen molar-refractivity contribution < 1.29 is 0 Å². The topological polar surface area (TPSA) is 37.0 Å². The summed E-state index contributed by atoms with van der Waals surface area (Å²) in [6.45, 7) is 4.28. The summed E-state index contributed by atoms with van der Waals surface area (Å²) in [6.07, 6.45) is 4.83. The molecule has 78 valence electrons. The van der Waals surface area contributed by atoms with Gasteiger partial charge in [0.2, 0.25) is 0 Å². The molecule has 0 fully saturated rings. The molecule has 1 unspecified atom stereocenters. The lowest BCUT2D eigenvalue weighted by molar-refractivity contribution is 0.506. The molecule has 1 aromatic heterocycles. The maximum Gasteiger partial charge on any atom is 0.0526 e. The summed E-state index contributed by atoms with van der Waals surface area (Å²) in [6, 6.07) is 3.99. The molecule has 0 saturated heterocycles. The first kappa shape index (κ1) is 11.0. The van der Waals surface area contributed by atoms with Gasteiger partial charge in [-0.05, 0) is 31.6 Å². The average Bonchev–Trinajstić information content (AvgIpc) is 2.25. The molecule has 0 radical (unpaired) electrons. The molecule has 2 N–H and O–H groups in total. The minimum Gasteiger partial charge on any atom is -0.383 e. The summed E-state index contributed by atoms with van der Waals surface area (Å²) in [4.78, 5) is 4.06. The predicted molar refractivity (Wildman–Crippen MR) is 60.4 cm³/mol. The summed E-state index contributed by atoms with van der Waals surface area (Å²) in [5.74, 6) is 0.681. The predicted octanol–water partition coefficient (Wildman–Crippen LogP) is 1.74. The van der Waals surface area contributed by atoms with Gasteiger partial charge in [-0.1, -0.05) is 13.3 Å². The number of pyridine rings is 1. The molecule has 3 heteroatoms. The summed E-state index contributed by atoms with van der Waals surface area (Å²) >= 11 is 0. The van der Waals surface area contributed by atoms with Crippen molar-refractivity contribution in [3.05, 3.63) is 24.5 Å². The number of hydrogen-bond donors (Lipinski definition) is 2. The fraction of sp³-hybridized carbons (Fsp3) is 0.545. The van der Waals surface area contributed by atoms with Gasteiger partial charge in [0.15, 0.2) is 0 Å². The summed E-state index contributed by atoms with van der Waals surface area (Å²) < 4.78 is 0. The summed E-state index contributed by atoms with van der Waals surface area (Å²) in [5, 5.41) is 6.58. The van der Waals surface area contributed by atoms with Crippen molar-refractivity contribution in [2.45, 2.75) is 13.3 Å². The molecular weight excluding hydrogens is 174 g/mol. The van der Waals surface area contributed by atoms with Gasteiger partial charge in [0.05, 0.1) is 5.69 Å². The summed E-state index contributed by atoms with van der Waals surface area (Å²) in [7, 11) is 1.99. The average molecular weight is 193 g/mol. The fourth-order valence-electron chi connectivity index (χ4n) is 1.38. The van der Waals surface area contributed by atoms with Crippen LogP contribution < -0.4 is 10.6 Å². The van der Waals surface area contributed by atoms with E-state index in [-0.39, 0.29) is 0 Å². The van der Waals surface area contributed by atoms with E-state index in [0.29, 0.717) is 5.92 Å². The second kappa shape index (κ2) is 6.38. The molecule has 0 aliphatic heterocycles. The first-order valence-corrected chi connectivity index (χ1v) is 5.15. The number of rotatable bonds is 6. The molecule has 0 saturated carbocycles. The van der Waals surface area contributed by atoms with Gasteiger partial charge in [0.1, 0.15) is 0 Å². The molecule has 3 nitrogen and oxygen atoms in total. The molecule has 1 rings (SSSR count). The van der Waals surface area contributed by atoms with E-state index in [0.717, 1.165) is 18.8 Å². The van der Waals surface area contributed by atoms with E-state index >= 15 is 0 Å². The van der Waals surface area contributed by atoms with Gasteiger partial charge in [-0.15, -0.1) is 0 Å². The lowest BCUT2D eigenvalue weighted by atomic mass is 10.1. The van der Waals surface area contributed by atoms with Gasteiger partial charge in [0, 0.05) is 18.9 Å². The van der Waals surface area contributed by atoms with Gasteiger partial charge in [-0.25, -0.2) is 0 Å². The lowest BCUT2D eigenvalue weighted by Gasteiger charge is -2.15. The van der Waals surface area contributed by atoms with E-state index in [1.165, 1.54) is 6.42 Å². The van der Waals surface area contributed by atoms with Gasteiger partial charge in [-0.2, -0.15) is 0 Å². The fourth-order valence-corrected chi connectivity index (χ4v) is 1.38. The van der Waals surface area contributed by atoms with Crippen LogP contribution in [0.1, 0.15) is 13.3 Å². The van der Waals surface area contributed by atoms with E-state index in [1.807, 2.05) is 25.4 Å². The Balaban J connectivity index is 2.32. The Kier molecular flexibility index (Phi) is 5.00. The smallest absolute Gasteiger partial charge is 0.0526 e. The maximum absolute atomic E-state index is 4.06.